The molecule has 1 heterocycles. The van der Waals surface area contributed by atoms with Crippen molar-refractivity contribution in [3.05, 3.63) is 48.1 Å². The van der Waals surface area contributed by atoms with Crippen LogP contribution in [-0.2, 0) is 9.59 Å². The smallest absolute Gasteiger partial charge is 0.258 e. The van der Waals surface area contributed by atoms with Crippen LogP contribution in [0.25, 0.3) is 0 Å². The van der Waals surface area contributed by atoms with Crippen LogP contribution in [0.5, 0.6) is 0 Å². The van der Waals surface area contributed by atoms with E-state index in [1.165, 1.54) is 12.2 Å². The summed E-state index contributed by atoms with van der Waals surface area (Å²) >= 11 is 0. The van der Waals surface area contributed by atoms with E-state index in [4.69, 9.17) is 0 Å². The van der Waals surface area contributed by atoms with Gasteiger partial charge in [-0.3, -0.25) is 14.9 Å². The molecule has 1 aliphatic rings. The minimum atomic E-state index is -0.370. The lowest BCUT2D eigenvalue weighted by Crippen LogP contribution is -2.19. The Labute approximate surface area is 96.2 Å². The molecule has 16 heavy (non-hydrogen) atoms. The summed E-state index contributed by atoms with van der Waals surface area (Å²) in [6.07, 6.45) is 8.11. The third kappa shape index (κ3) is 3.35. The molecule has 2 amide bonds. The zero-order valence-electron chi connectivity index (χ0n) is 9.91. The summed E-state index contributed by atoms with van der Waals surface area (Å²) in [5, 5.41) is 2.21. The van der Waals surface area contributed by atoms with E-state index in [-0.39, 0.29) is 11.8 Å². The van der Waals surface area contributed by atoms with Gasteiger partial charge in [0.05, 0.1) is 11.1 Å². The Balaban J connectivity index is 0.00000106. The highest BCUT2D eigenvalue weighted by atomic mass is 16.2. The Morgan fingerprint density at radius 1 is 1.06 bits per heavy atom. The lowest BCUT2D eigenvalue weighted by Gasteiger charge is -1.90. The lowest BCUT2D eigenvalue weighted by molar-refractivity contribution is -0.123. The van der Waals surface area contributed by atoms with Crippen LogP contribution < -0.4 is 5.32 Å². The number of allylic oxidation sites excluding steroid dienone is 5. The molecule has 0 atom stereocenters. The molecule has 1 rings (SSSR count). The maximum atomic E-state index is 11.3. The zero-order valence-corrected chi connectivity index (χ0v) is 9.91. The van der Waals surface area contributed by atoms with Crippen LogP contribution >= 0.6 is 0 Å². The molecular weight excluding hydrogens is 202 g/mol. The van der Waals surface area contributed by atoms with Crippen molar-refractivity contribution < 1.29 is 9.59 Å². The fraction of sp³-hybridized carbons (Fsp3) is 0.231. The fourth-order valence-corrected chi connectivity index (χ4v) is 1.12. The molecule has 0 saturated carbocycles. The molecule has 0 aromatic heterocycles. The Morgan fingerprint density at radius 3 is 2.00 bits per heavy atom. The highest BCUT2D eigenvalue weighted by molar-refractivity contribution is 6.24. The van der Waals surface area contributed by atoms with E-state index in [1.54, 1.807) is 18.2 Å². The molecule has 3 heteroatoms. The number of hydrogen-bond acceptors (Lipinski definition) is 2. The van der Waals surface area contributed by atoms with Crippen molar-refractivity contribution in [2.45, 2.75) is 20.8 Å². The van der Waals surface area contributed by atoms with Crippen LogP contribution in [0.1, 0.15) is 20.8 Å². The predicted molar refractivity (Wildman–Crippen MR) is 65.7 cm³/mol. The number of imide groups is 1. The van der Waals surface area contributed by atoms with Gasteiger partial charge in [-0.15, -0.1) is 0 Å². The number of hydrogen-bond donors (Lipinski definition) is 1. The van der Waals surface area contributed by atoms with Gasteiger partial charge in [0.2, 0.25) is 0 Å². The van der Waals surface area contributed by atoms with Crippen molar-refractivity contribution in [3.8, 4) is 0 Å². The van der Waals surface area contributed by atoms with Gasteiger partial charge in [-0.2, -0.15) is 0 Å². The van der Waals surface area contributed by atoms with Crippen LogP contribution in [-0.4, -0.2) is 11.8 Å². The van der Waals surface area contributed by atoms with Crippen molar-refractivity contribution in [1.82, 2.24) is 5.32 Å². The summed E-state index contributed by atoms with van der Waals surface area (Å²) in [5.41, 5.74) is 0.746. The first-order valence-electron chi connectivity index (χ1n) is 5.22. The van der Waals surface area contributed by atoms with Crippen LogP contribution in [0.2, 0.25) is 0 Å². The minimum Gasteiger partial charge on any atom is -0.288 e. The molecule has 1 saturated heterocycles. The largest absolute Gasteiger partial charge is 0.288 e. The van der Waals surface area contributed by atoms with Crippen molar-refractivity contribution in [2.24, 2.45) is 0 Å². The summed E-state index contributed by atoms with van der Waals surface area (Å²) < 4.78 is 0. The van der Waals surface area contributed by atoms with Gasteiger partial charge in [-0.05, 0) is 19.1 Å². The molecule has 3 nitrogen and oxygen atoms in total. The van der Waals surface area contributed by atoms with Gasteiger partial charge in [0.1, 0.15) is 0 Å². The van der Waals surface area contributed by atoms with E-state index < -0.39 is 0 Å². The Hall–Kier alpha value is -1.90. The van der Waals surface area contributed by atoms with Crippen molar-refractivity contribution >= 4 is 11.8 Å². The van der Waals surface area contributed by atoms with Crippen LogP contribution in [0.3, 0.4) is 0 Å². The molecule has 0 aromatic carbocycles. The first-order valence-corrected chi connectivity index (χ1v) is 5.22. The second-order valence-corrected chi connectivity index (χ2v) is 2.71. The predicted octanol–water partition coefficient (Wildman–Crippen LogP) is 2.28. The molecule has 1 N–H and O–H groups in total. The van der Waals surface area contributed by atoms with Crippen molar-refractivity contribution in [1.29, 1.82) is 0 Å². The molecular formula is C13H17NO2. The van der Waals surface area contributed by atoms with E-state index in [0.717, 1.165) is 0 Å². The van der Waals surface area contributed by atoms with Gasteiger partial charge < -0.3 is 0 Å². The summed E-state index contributed by atoms with van der Waals surface area (Å²) in [6.45, 7) is 9.32. The summed E-state index contributed by atoms with van der Waals surface area (Å²) in [4.78, 5) is 22.5. The highest BCUT2D eigenvalue weighted by Crippen LogP contribution is 2.17. The first-order chi connectivity index (χ1) is 7.70. The van der Waals surface area contributed by atoms with Gasteiger partial charge in [0.15, 0.2) is 0 Å². The Bertz CT molecular complexity index is 373. The van der Waals surface area contributed by atoms with Crippen LogP contribution in [0.15, 0.2) is 48.1 Å². The molecule has 0 radical (unpaired) electrons. The quantitative estimate of drug-likeness (QED) is 0.572. The average molecular weight is 219 g/mol. The van der Waals surface area contributed by atoms with Gasteiger partial charge in [0.25, 0.3) is 11.8 Å². The van der Waals surface area contributed by atoms with E-state index in [2.05, 4.69) is 11.9 Å². The normalized spacial score (nSPS) is 19.9. The van der Waals surface area contributed by atoms with Crippen LogP contribution in [0.4, 0.5) is 0 Å². The fourth-order valence-electron chi connectivity index (χ4n) is 1.12. The van der Waals surface area contributed by atoms with E-state index in [9.17, 15) is 9.59 Å². The summed E-state index contributed by atoms with van der Waals surface area (Å²) in [7, 11) is 0. The Morgan fingerprint density at radius 2 is 1.56 bits per heavy atom. The molecule has 0 aliphatic carbocycles. The topological polar surface area (TPSA) is 46.2 Å². The minimum absolute atomic E-state index is 0.360. The molecule has 0 spiro atoms. The molecule has 1 aliphatic heterocycles. The number of rotatable bonds is 2. The van der Waals surface area contributed by atoms with Gasteiger partial charge >= 0.3 is 0 Å². The molecule has 86 valence electrons. The standard InChI is InChI=1S/C11H11NO2.C2H6/c1-3-5-7-9-8(6-4-2)10(13)12-11(9)14;1-2/h3-7H,2H2,1H3,(H,12,13,14);1-2H3/b5-3-,8-6+,9-7+;. The monoisotopic (exact) mass is 219 g/mol. The molecule has 0 bridgehead atoms. The lowest BCUT2D eigenvalue weighted by atomic mass is 10.1. The second-order valence-electron chi connectivity index (χ2n) is 2.71. The number of nitrogens with one attached hydrogen (secondary N) is 1. The summed E-state index contributed by atoms with van der Waals surface area (Å²) in [6, 6.07) is 0. The number of carbonyl (C=O) groups is 2. The summed E-state index contributed by atoms with van der Waals surface area (Å²) in [5.74, 6) is -0.730. The molecule has 1 fully saturated rings. The van der Waals surface area contributed by atoms with E-state index in [0.29, 0.717) is 11.1 Å². The van der Waals surface area contributed by atoms with E-state index >= 15 is 0 Å². The average Bonchev–Trinajstić information content (AvgIpc) is 2.55. The zero-order chi connectivity index (χ0) is 12.6. The van der Waals surface area contributed by atoms with Gasteiger partial charge in [0, 0.05) is 0 Å². The SMILES string of the molecule is C=C/C=C1/C(=O)NC(=O)/C1=C/C=C\C.CC. The third-order valence-electron chi connectivity index (χ3n) is 1.75. The first kappa shape index (κ1) is 14.1. The Kier molecular flexibility index (Phi) is 6.52. The number of carbonyl (C=O) groups excluding carboxylic acids is 2. The van der Waals surface area contributed by atoms with E-state index in [1.807, 2.05) is 20.8 Å². The van der Waals surface area contributed by atoms with Gasteiger partial charge in [-0.1, -0.05) is 38.7 Å². The van der Waals surface area contributed by atoms with Crippen LogP contribution in [0, 0.1) is 0 Å². The van der Waals surface area contributed by atoms with Gasteiger partial charge in [-0.25, -0.2) is 0 Å². The maximum Gasteiger partial charge on any atom is 0.258 e. The van der Waals surface area contributed by atoms with Crippen molar-refractivity contribution in [3.63, 3.8) is 0 Å². The third-order valence-corrected chi connectivity index (χ3v) is 1.75. The second kappa shape index (κ2) is 7.40. The molecule has 0 aromatic rings. The maximum absolute atomic E-state index is 11.3. The molecule has 0 unspecified atom stereocenters. The highest BCUT2D eigenvalue weighted by Gasteiger charge is 2.28. The van der Waals surface area contributed by atoms with Crippen molar-refractivity contribution in [2.75, 3.05) is 0 Å². The number of amides is 2.